The van der Waals surface area contributed by atoms with Crippen molar-refractivity contribution < 1.29 is 4.79 Å². The maximum atomic E-state index is 12.1. The van der Waals surface area contributed by atoms with Gasteiger partial charge in [0, 0.05) is 26.1 Å². The summed E-state index contributed by atoms with van der Waals surface area (Å²) in [6.07, 6.45) is 2.37. The van der Waals surface area contributed by atoms with E-state index in [4.69, 9.17) is 0 Å². The number of aromatic nitrogens is 2. The number of rotatable bonds is 5. The highest BCUT2D eigenvalue weighted by atomic mass is 79.9. The lowest BCUT2D eigenvalue weighted by Crippen LogP contribution is -2.33. The predicted molar refractivity (Wildman–Crippen MR) is 69.1 cm³/mol. The fourth-order valence-electron chi connectivity index (χ4n) is 1.69. The first-order valence-corrected chi connectivity index (χ1v) is 6.58. The van der Waals surface area contributed by atoms with E-state index in [2.05, 4.69) is 31.4 Å². The van der Waals surface area contributed by atoms with Gasteiger partial charge in [-0.2, -0.15) is 5.10 Å². The van der Waals surface area contributed by atoms with Crippen molar-refractivity contribution in [1.82, 2.24) is 20.4 Å². The molecule has 1 amide bonds. The molecule has 2 rings (SSSR count). The van der Waals surface area contributed by atoms with Crippen LogP contribution in [0.3, 0.4) is 0 Å². The Hall–Kier alpha value is -0.880. The molecule has 0 bridgehead atoms. The Morgan fingerprint density at radius 1 is 1.65 bits per heavy atom. The van der Waals surface area contributed by atoms with Gasteiger partial charge >= 0.3 is 0 Å². The van der Waals surface area contributed by atoms with E-state index >= 15 is 0 Å². The molecular formula is C11H17BrN4O. The summed E-state index contributed by atoms with van der Waals surface area (Å²) in [4.78, 5) is 13.8. The van der Waals surface area contributed by atoms with Gasteiger partial charge in [-0.15, -0.1) is 0 Å². The monoisotopic (exact) mass is 300 g/mol. The Labute approximate surface area is 109 Å². The number of amides is 1. The van der Waals surface area contributed by atoms with Gasteiger partial charge in [-0.3, -0.25) is 9.89 Å². The molecule has 0 unspecified atom stereocenters. The lowest BCUT2D eigenvalue weighted by atomic mass is 10.2. The molecule has 1 fully saturated rings. The fourth-order valence-corrected chi connectivity index (χ4v) is 2.36. The second kappa shape index (κ2) is 5.18. The Morgan fingerprint density at radius 3 is 2.94 bits per heavy atom. The van der Waals surface area contributed by atoms with E-state index in [-0.39, 0.29) is 5.91 Å². The third-order valence-electron chi connectivity index (χ3n) is 2.96. The van der Waals surface area contributed by atoms with Gasteiger partial charge in [-0.1, -0.05) is 0 Å². The van der Waals surface area contributed by atoms with E-state index in [0.29, 0.717) is 18.2 Å². The van der Waals surface area contributed by atoms with Crippen molar-refractivity contribution in [2.24, 2.45) is 0 Å². The molecule has 1 aliphatic carbocycles. The molecule has 0 spiro atoms. The Kier molecular flexibility index (Phi) is 3.83. The standard InChI is InChI=1S/C11H17BrN4O/c1-13-5-6-16(2)11(17)10-8(12)9(14-15-10)7-3-4-7/h7,13H,3-6H2,1-2H3,(H,14,15). The maximum Gasteiger partial charge on any atom is 0.275 e. The smallest absolute Gasteiger partial charge is 0.275 e. The summed E-state index contributed by atoms with van der Waals surface area (Å²) in [6, 6.07) is 0. The summed E-state index contributed by atoms with van der Waals surface area (Å²) in [6.45, 7) is 1.45. The van der Waals surface area contributed by atoms with E-state index < -0.39 is 0 Å². The Bertz CT molecular complexity index is 414. The number of H-pyrrole nitrogens is 1. The molecule has 0 radical (unpaired) electrons. The number of aromatic amines is 1. The van der Waals surface area contributed by atoms with Crippen molar-refractivity contribution in [3.8, 4) is 0 Å². The Morgan fingerprint density at radius 2 is 2.35 bits per heavy atom. The molecule has 17 heavy (non-hydrogen) atoms. The van der Waals surface area contributed by atoms with Crippen molar-refractivity contribution >= 4 is 21.8 Å². The summed E-state index contributed by atoms with van der Waals surface area (Å²) in [5.41, 5.74) is 1.56. The van der Waals surface area contributed by atoms with Gasteiger partial charge in [-0.25, -0.2) is 0 Å². The fraction of sp³-hybridized carbons (Fsp3) is 0.636. The van der Waals surface area contributed by atoms with Crippen molar-refractivity contribution in [2.75, 3.05) is 27.2 Å². The Balaban J connectivity index is 2.08. The quantitative estimate of drug-likeness (QED) is 0.863. The number of carbonyl (C=O) groups is 1. The predicted octanol–water partition coefficient (Wildman–Crippen LogP) is 1.34. The van der Waals surface area contributed by atoms with Gasteiger partial charge in [0.2, 0.25) is 0 Å². The number of hydrogen-bond donors (Lipinski definition) is 2. The van der Waals surface area contributed by atoms with E-state index in [1.807, 2.05) is 7.05 Å². The second-order valence-electron chi connectivity index (χ2n) is 4.40. The number of carbonyl (C=O) groups excluding carboxylic acids is 1. The molecule has 94 valence electrons. The minimum atomic E-state index is -0.0460. The largest absolute Gasteiger partial charge is 0.339 e. The molecular weight excluding hydrogens is 284 g/mol. The van der Waals surface area contributed by atoms with Gasteiger partial charge in [0.1, 0.15) is 0 Å². The van der Waals surface area contributed by atoms with Crippen LogP contribution in [-0.2, 0) is 0 Å². The molecule has 1 aromatic rings. The zero-order chi connectivity index (χ0) is 12.4. The minimum absolute atomic E-state index is 0.0460. The molecule has 1 aromatic heterocycles. The van der Waals surface area contributed by atoms with Crippen LogP contribution in [-0.4, -0.2) is 48.2 Å². The van der Waals surface area contributed by atoms with Gasteiger partial charge in [-0.05, 0) is 35.8 Å². The lowest BCUT2D eigenvalue weighted by Gasteiger charge is -2.15. The van der Waals surface area contributed by atoms with Crippen LogP contribution in [0.5, 0.6) is 0 Å². The summed E-state index contributed by atoms with van der Waals surface area (Å²) in [5, 5.41) is 10.1. The number of nitrogens with zero attached hydrogens (tertiary/aromatic N) is 2. The molecule has 1 heterocycles. The van der Waals surface area contributed by atoms with Crippen molar-refractivity contribution in [2.45, 2.75) is 18.8 Å². The topological polar surface area (TPSA) is 61.0 Å². The third-order valence-corrected chi connectivity index (χ3v) is 3.77. The summed E-state index contributed by atoms with van der Waals surface area (Å²) < 4.78 is 0.835. The molecule has 0 aromatic carbocycles. The molecule has 0 atom stereocenters. The molecule has 6 heteroatoms. The molecule has 1 saturated carbocycles. The van der Waals surface area contributed by atoms with Crippen LogP contribution < -0.4 is 5.32 Å². The van der Waals surface area contributed by atoms with Crippen molar-refractivity contribution in [3.63, 3.8) is 0 Å². The molecule has 0 aliphatic heterocycles. The van der Waals surface area contributed by atoms with Crippen LogP contribution in [0.4, 0.5) is 0 Å². The summed E-state index contributed by atoms with van der Waals surface area (Å²) in [7, 11) is 3.66. The van der Waals surface area contributed by atoms with Crippen LogP contribution in [0, 0.1) is 0 Å². The van der Waals surface area contributed by atoms with Gasteiger partial charge in [0.15, 0.2) is 5.69 Å². The first kappa shape index (κ1) is 12.6. The average Bonchev–Trinajstić information content (AvgIpc) is 3.09. The number of hydrogen-bond acceptors (Lipinski definition) is 3. The summed E-state index contributed by atoms with van der Waals surface area (Å²) >= 11 is 3.47. The van der Waals surface area contributed by atoms with E-state index in [1.165, 1.54) is 12.8 Å². The first-order chi connectivity index (χ1) is 8.15. The van der Waals surface area contributed by atoms with E-state index in [9.17, 15) is 4.79 Å². The number of halogens is 1. The number of nitrogens with one attached hydrogen (secondary N) is 2. The van der Waals surface area contributed by atoms with E-state index in [0.717, 1.165) is 16.7 Å². The average molecular weight is 301 g/mol. The van der Waals surface area contributed by atoms with Gasteiger partial charge in [0.25, 0.3) is 5.91 Å². The molecule has 2 N–H and O–H groups in total. The number of likely N-dealkylation sites (N-methyl/N-ethyl adjacent to an activating group) is 2. The highest BCUT2D eigenvalue weighted by Gasteiger charge is 2.31. The maximum absolute atomic E-state index is 12.1. The third kappa shape index (κ3) is 2.69. The molecule has 1 aliphatic rings. The highest BCUT2D eigenvalue weighted by Crippen LogP contribution is 2.42. The molecule has 5 nitrogen and oxygen atoms in total. The van der Waals surface area contributed by atoms with Crippen LogP contribution in [0.2, 0.25) is 0 Å². The highest BCUT2D eigenvalue weighted by molar-refractivity contribution is 9.10. The zero-order valence-corrected chi connectivity index (χ0v) is 11.7. The van der Waals surface area contributed by atoms with Gasteiger partial charge in [0.05, 0.1) is 10.2 Å². The van der Waals surface area contributed by atoms with Crippen LogP contribution in [0.15, 0.2) is 4.47 Å². The molecule has 0 saturated heterocycles. The first-order valence-electron chi connectivity index (χ1n) is 5.79. The lowest BCUT2D eigenvalue weighted by molar-refractivity contribution is 0.0790. The van der Waals surface area contributed by atoms with Crippen LogP contribution in [0.25, 0.3) is 0 Å². The van der Waals surface area contributed by atoms with Crippen LogP contribution >= 0.6 is 15.9 Å². The zero-order valence-electron chi connectivity index (χ0n) is 10.1. The second-order valence-corrected chi connectivity index (χ2v) is 5.20. The minimum Gasteiger partial charge on any atom is -0.339 e. The van der Waals surface area contributed by atoms with Crippen molar-refractivity contribution in [1.29, 1.82) is 0 Å². The van der Waals surface area contributed by atoms with E-state index in [1.54, 1.807) is 11.9 Å². The van der Waals surface area contributed by atoms with Gasteiger partial charge < -0.3 is 10.2 Å². The van der Waals surface area contributed by atoms with Crippen molar-refractivity contribution in [3.05, 3.63) is 15.9 Å². The van der Waals surface area contributed by atoms with Crippen LogP contribution in [0.1, 0.15) is 34.9 Å². The normalized spacial score (nSPS) is 15.0. The SMILES string of the molecule is CNCCN(C)C(=O)c1n[nH]c(C2CC2)c1Br. The summed E-state index contributed by atoms with van der Waals surface area (Å²) in [5.74, 6) is 0.510.